The molecule has 61 heavy (non-hydrogen) atoms. The Labute approximate surface area is 353 Å². The Hall–Kier alpha value is -6.46. The van der Waals surface area contributed by atoms with Crippen molar-refractivity contribution in [3.8, 4) is 22.4 Å². The van der Waals surface area contributed by atoms with Crippen LogP contribution in [0.4, 0.5) is 15.3 Å². The zero-order valence-corrected chi connectivity index (χ0v) is 34.8. The van der Waals surface area contributed by atoms with Crippen molar-refractivity contribution >= 4 is 47.4 Å². The highest BCUT2D eigenvalue weighted by Gasteiger charge is 2.48. The number of methoxy groups -OCH3 is 2. The molecule has 5 unspecified atom stereocenters. The fraction of sp³-hybridized carbons (Fsp3) is 0.488. The minimum atomic E-state index is -1.03. The van der Waals surface area contributed by atoms with Crippen LogP contribution in [0.5, 0.6) is 0 Å². The molecule has 7 amide bonds. The van der Waals surface area contributed by atoms with Gasteiger partial charge in [-0.25, -0.2) is 19.6 Å². The van der Waals surface area contributed by atoms with Gasteiger partial charge in [0.1, 0.15) is 30.0 Å². The predicted molar refractivity (Wildman–Crippen MR) is 221 cm³/mol. The molecule has 5 heterocycles. The molecule has 324 valence electrons. The second-order valence-corrected chi connectivity index (χ2v) is 16.1. The standard InChI is InChI=1S/C43H53N9O9/c1-25(2)36(48-43(59)61-4)41(57)49-21-5-8-32(49)37-44-24-31(46-37)28-13-11-26(12-14-28)27-15-17-29(18-16-27)45-38(54)33-9-6-22-50(33)40(56)34-10-7-23-51-35(53)20-19-30(39(55)52(34)51)47-42(58)60-3/h11-18,24-25,30,32-34,36H,5-10,19-23H2,1-4H3,(H,44,46)(H,45,54)(H,47,58)(H,48,59). The van der Waals surface area contributed by atoms with Crippen molar-refractivity contribution in [1.29, 1.82) is 0 Å². The van der Waals surface area contributed by atoms with Gasteiger partial charge in [-0.3, -0.25) is 29.0 Å². The lowest BCUT2D eigenvalue weighted by Gasteiger charge is -2.44. The van der Waals surface area contributed by atoms with Crippen molar-refractivity contribution < 1.29 is 43.0 Å². The van der Waals surface area contributed by atoms with E-state index in [1.54, 1.807) is 23.2 Å². The summed E-state index contributed by atoms with van der Waals surface area (Å²) in [5.74, 6) is -1.25. The summed E-state index contributed by atoms with van der Waals surface area (Å²) >= 11 is 0. The van der Waals surface area contributed by atoms with E-state index < -0.39 is 48.2 Å². The maximum atomic E-state index is 14.1. The molecular weight excluding hydrogens is 787 g/mol. The molecule has 3 aromatic rings. The Balaban J connectivity index is 0.976. The summed E-state index contributed by atoms with van der Waals surface area (Å²) in [5.41, 5.74) is 4.15. The highest BCUT2D eigenvalue weighted by atomic mass is 16.5. The molecule has 0 bridgehead atoms. The number of alkyl carbamates (subject to hydrolysis) is 2. The topological polar surface area (TPSA) is 216 Å². The van der Waals surface area contributed by atoms with Gasteiger partial charge in [0.2, 0.25) is 23.6 Å². The molecule has 0 radical (unpaired) electrons. The quantitative estimate of drug-likeness (QED) is 0.231. The zero-order chi connectivity index (χ0) is 43.4. The minimum absolute atomic E-state index is 0.0218. The van der Waals surface area contributed by atoms with Crippen LogP contribution in [0.15, 0.2) is 54.7 Å². The smallest absolute Gasteiger partial charge is 0.407 e. The lowest BCUT2D eigenvalue weighted by Crippen LogP contribution is -2.64. The van der Waals surface area contributed by atoms with E-state index in [2.05, 4.69) is 30.7 Å². The van der Waals surface area contributed by atoms with E-state index in [1.807, 2.05) is 50.2 Å². The van der Waals surface area contributed by atoms with E-state index >= 15 is 0 Å². The van der Waals surface area contributed by atoms with E-state index in [0.29, 0.717) is 50.3 Å². The Morgan fingerprint density at radius 3 is 2.08 bits per heavy atom. The number of amides is 7. The molecule has 5 atom stereocenters. The first-order valence-corrected chi connectivity index (χ1v) is 20.9. The van der Waals surface area contributed by atoms with Crippen LogP contribution in [0, 0.1) is 5.92 Å². The number of anilines is 1. The molecule has 4 aliphatic heterocycles. The van der Waals surface area contributed by atoms with Crippen LogP contribution < -0.4 is 16.0 Å². The largest absolute Gasteiger partial charge is 0.453 e. The van der Waals surface area contributed by atoms with Gasteiger partial charge in [0.15, 0.2) is 0 Å². The molecule has 7 rings (SSSR count). The summed E-state index contributed by atoms with van der Waals surface area (Å²) < 4.78 is 9.42. The molecule has 4 fully saturated rings. The molecule has 0 spiro atoms. The molecule has 4 N–H and O–H groups in total. The van der Waals surface area contributed by atoms with Gasteiger partial charge < -0.3 is 40.2 Å². The first kappa shape index (κ1) is 42.7. The van der Waals surface area contributed by atoms with Crippen molar-refractivity contribution in [2.45, 2.75) is 95.4 Å². The normalized spacial score (nSPS) is 22.0. The molecule has 4 aliphatic rings. The number of fused-ring (bicyclic) bond motifs is 1. The lowest BCUT2D eigenvalue weighted by molar-refractivity contribution is -0.179. The summed E-state index contributed by atoms with van der Waals surface area (Å²) in [6.45, 7) is 4.93. The summed E-state index contributed by atoms with van der Waals surface area (Å²) in [6, 6.07) is 11.6. The van der Waals surface area contributed by atoms with Gasteiger partial charge in [-0.2, -0.15) is 0 Å². The highest BCUT2D eigenvalue weighted by molar-refractivity contribution is 6.00. The van der Waals surface area contributed by atoms with Crippen LogP contribution in [-0.4, -0.2) is 130 Å². The molecule has 1 aromatic heterocycles. The number of likely N-dealkylation sites (tertiary alicyclic amines) is 2. The van der Waals surface area contributed by atoms with Crippen molar-refractivity contribution in [3.05, 3.63) is 60.6 Å². The Morgan fingerprint density at radius 1 is 0.770 bits per heavy atom. The van der Waals surface area contributed by atoms with Crippen molar-refractivity contribution in [2.75, 3.05) is 39.2 Å². The van der Waals surface area contributed by atoms with Crippen molar-refractivity contribution in [1.82, 2.24) is 40.4 Å². The van der Waals surface area contributed by atoms with Crippen LogP contribution in [0.25, 0.3) is 22.4 Å². The number of carbonyl (C=O) groups excluding carboxylic acids is 7. The van der Waals surface area contributed by atoms with Gasteiger partial charge in [-0.05, 0) is 79.7 Å². The first-order valence-electron chi connectivity index (χ1n) is 20.9. The number of hydrazine groups is 1. The predicted octanol–water partition coefficient (Wildman–Crippen LogP) is 3.97. The summed E-state index contributed by atoms with van der Waals surface area (Å²) in [5, 5.41) is 10.6. The van der Waals surface area contributed by atoms with Crippen LogP contribution in [0.2, 0.25) is 0 Å². The average molecular weight is 840 g/mol. The highest BCUT2D eigenvalue weighted by Crippen LogP contribution is 2.34. The second-order valence-electron chi connectivity index (χ2n) is 16.1. The third-order valence-corrected chi connectivity index (χ3v) is 12.0. The number of ether oxygens (including phenoxy) is 2. The average Bonchev–Trinajstić information content (AvgIpc) is 4.07. The monoisotopic (exact) mass is 839 g/mol. The summed E-state index contributed by atoms with van der Waals surface area (Å²) in [6.07, 6.45) is 3.83. The Bertz CT molecular complexity index is 2140. The summed E-state index contributed by atoms with van der Waals surface area (Å²) in [7, 11) is 2.45. The number of H-pyrrole nitrogens is 1. The second kappa shape index (κ2) is 18.4. The molecule has 18 nitrogen and oxygen atoms in total. The maximum absolute atomic E-state index is 14.1. The number of nitrogens with zero attached hydrogens (tertiary/aromatic N) is 5. The Morgan fingerprint density at radius 2 is 1.39 bits per heavy atom. The third-order valence-electron chi connectivity index (χ3n) is 12.0. The molecule has 18 heteroatoms. The number of hydrogen-bond acceptors (Lipinski definition) is 10. The molecule has 0 aliphatic carbocycles. The Kier molecular flexibility index (Phi) is 12.9. The number of aromatic nitrogens is 2. The summed E-state index contributed by atoms with van der Waals surface area (Å²) in [4.78, 5) is 103. The van der Waals surface area contributed by atoms with Gasteiger partial charge in [0.25, 0.3) is 5.91 Å². The number of rotatable bonds is 10. The van der Waals surface area contributed by atoms with E-state index in [9.17, 15) is 33.6 Å². The maximum Gasteiger partial charge on any atom is 0.407 e. The van der Waals surface area contributed by atoms with Gasteiger partial charge in [0, 0.05) is 31.7 Å². The number of benzene rings is 2. The lowest BCUT2D eigenvalue weighted by atomic mass is 10.0. The zero-order valence-electron chi connectivity index (χ0n) is 34.8. The number of nitrogens with one attached hydrogen (secondary N) is 4. The SMILES string of the molecule is COC(=O)NC1CCC(=O)N2CCCC(C(=O)N3CCCC3C(=O)Nc3ccc(-c4ccc(-c5cnc(C6CCCN6C(=O)C(NC(=O)OC)C(C)C)[nH]5)cc4)cc3)N2C1=O. The van der Waals surface area contributed by atoms with E-state index in [0.717, 1.165) is 35.2 Å². The molecular formula is C43H53N9O9. The molecule has 4 saturated heterocycles. The van der Waals surface area contributed by atoms with E-state index in [-0.39, 0.29) is 49.1 Å². The number of carbonyl (C=O) groups is 7. The number of aromatic amines is 1. The molecule has 0 saturated carbocycles. The van der Waals surface area contributed by atoms with E-state index in [4.69, 9.17) is 4.74 Å². The fourth-order valence-corrected chi connectivity index (χ4v) is 8.75. The number of hydrogen-bond donors (Lipinski definition) is 4. The van der Waals surface area contributed by atoms with Crippen LogP contribution in [0.3, 0.4) is 0 Å². The van der Waals surface area contributed by atoms with Gasteiger partial charge in [-0.15, -0.1) is 0 Å². The number of imidazole rings is 1. The van der Waals surface area contributed by atoms with Crippen molar-refractivity contribution in [2.24, 2.45) is 5.92 Å². The minimum Gasteiger partial charge on any atom is -0.453 e. The fourth-order valence-electron chi connectivity index (χ4n) is 8.75. The van der Waals surface area contributed by atoms with Crippen LogP contribution in [-0.2, 0) is 33.4 Å². The van der Waals surface area contributed by atoms with Gasteiger partial charge in [0.05, 0.1) is 32.2 Å². The van der Waals surface area contributed by atoms with Crippen LogP contribution in [0.1, 0.15) is 77.1 Å². The third kappa shape index (κ3) is 9.02. The van der Waals surface area contributed by atoms with Crippen LogP contribution >= 0.6 is 0 Å². The van der Waals surface area contributed by atoms with E-state index in [1.165, 1.54) is 29.1 Å². The first-order chi connectivity index (χ1) is 29.4. The van der Waals surface area contributed by atoms with Gasteiger partial charge in [-0.1, -0.05) is 50.2 Å². The van der Waals surface area contributed by atoms with Crippen molar-refractivity contribution in [3.63, 3.8) is 0 Å². The molecule has 2 aromatic carbocycles. The van der Waals surface area contributed by atoms with Gasteiger partial charge >= 0.3 is 12.2 Å².